The number of nitrogens with zero attached hydrogens (tertiary/aromatic N) is 1. The number of fused-ring (bicyclic) bond motifs is 3. The van der Waals surface area contributed by atoms with Crippen LogP contribution in [0.3, 0.4) is 0 Å². The largest absolute Gasteiger partial charge is 0.486 e. The predicted octanol–water partition coefficient (Wildman–Crippen LogP) is 4.51. The Morgan fingerprint density at radius 1 is 1.35 bits per heavy atom. The Kier molecular flexibility index (Phi) is 3.23. The topological polar surface area (TPSA) is 31.4 Å². The quantitative estimate of drug-likeness (QED) is 0.661. The van der Waals surface area contributed by atoms with Crippen LogP contribution in [0.5, 0.6) is 11.5 Å². The van der Waals surface area contributed by atoms with Crippen molar-refractivity contribution in [2.24, 2.45) is 0 Å². The Morgan fingerprint density at radius 3 is 2.88 bits per heavy atom. The summed E-state index contributed by atoms with van der Waals surface area (Å²) < 4.78 is 12.7. The summed E-state index contributed by atoms with van der Waals surface area (Å²) in [6.07, 6.45) is 0. The lowest BCUT2D eigenvalue weighted by Gasteiger charge is -2.20. The van der Waals surface area contributed by atoms with Gasteiger partial charge < -0.3 is 9.47 Å². The van der Waals surface area contributed by atoms with Crippen LogP contribution in [0.1, 0.15) is 9.30 Å². The Hall–Kier alpha value is -0.0400. The van der Waals surface area contributed by atoms with Crippen molar-refractivity contribution >= 4 is 65.0 Å². The van der Waals surface area contributed by atoms with E-state index in [1.165, 1.54) is 11.3 Å². The van der Waals surface area contributed by atoms with Gasteiger partial charge in [-0.25, -0.2) is 4.98 Å². The molecule has 2 heterocycles. The highest BCUT2D eigenvalue weighted by Crippen LogP contribution is 2.47. The van der Waals surface area contributed by atoms with Crippen molar-refractivity contribution < 1.29 is 9.47 Å². The minimum atomic E-state index is 0.00601. The van der Waals surface area contributed by atoms with Crippen LogP contribution < -0.4 is 9.47 Å². The van der Waals surface area contributed by atoms with Gasteiger partial charge in [-0.15, -0.1) is 0 Å². The Balaban J connectivity index is 2.35. The van der Waals surface area contributed by atoms with Gasteiger partial charge in [-0.2, -0.15) is 0 Å². The minimum Gasteiger partial charge on any atom is -0.486 e. The summed E-state index contributed by atoms with van der Waals surface area (Å²) in [6, 6.07) is 1.93. The Bertz CT molecular complexity index is 587. The average molecular weight is 399 g/mol. The zero-order valence-electron chi connectivity index (χ0n) is 8.37. The van der Waals surface area contributed by atoms with Crippen molar-refractivity contribution in [2.75, 3.05) is 13.2 Å². The fourth-order valence-corrected chi connectivity index (χ4v) is 3.57. The molecule has 0 amide bonds. The lowest BCUT2D eigenvalue weighted by molar-refractivity contribution is 0.174. The molecule has 0 bridgehead atoms. The van der Waals surface area contributed by atoms with E-state index in [2.05, 4.69) is 36.8 Å². The van der Waals surface area contributed by atoms with Gasteiger partial charge in [-0.05, 0) is 6.07 Å². The number of benzene rings is 1. The molecule has 1 aliphatic heterocycles. The van der Waals surface area contributed by atoms with Gasteiger partial charge in [0.1, 0.15) is 17.9 Å². The number of hydrogen-bond acceptors (Lipinski definition) is 4. The molecule has 1 aromatic carbocycles. The number of alkyl halides is 2. The van der Waals surface area contributed by atoms with Gasteiger partial charge in [-0.3, -0.25) is 0 Å². The third kappa shape index (κ3) is 2.05. The van der Waals surface area contributed by atoms with E-state index in [0.717, 1.165) is 27.3 Å². The van der Waals surface area contributed by atoms with Crippen LogP contribution in [0.15, 0.2) is 6.07 Å². The van der Waals surface area contributed by atoms with Crippen molar-refractivity contribution in [1.29, 1.82) is 0 Å². The molecular formula is C10H6Br2ClNO2S. The Labute approximate surface area is 123 Å². The van der Waals surface area contributed by atoms with Gasteiger partial charge in [0.25, 0.3) is 0 Å². The van der Waals surface area contributed by atoms with Crippen molar-refractivity contribution in [3.63, 3.8) is 0 Å². The number of rotatable bonds is 1. The first-order valence-electron chi connectivity index (χ1n) is 4.83. The molecule has 0 fully saturated rings. The standard InChI is InChI=1S/C10H6Br2ClNO2S/c11-9(12)4-3-5-7(16-2-1-15-5)8-6(4)14-10(13)17-8/h3,9H,1-2H2. The smallest absolute Gasteiger partial charge is 0.184 e. The highest BCUT2D eigenvalue weighted by atomic mass is 79.9. The second-order valence-corrected chi connectivity index (χ2v) is 8.08. The first kappa shape index (κ1) is 12.0. The summed E-state index contributed by atoms with van der Waals surface area (Å²) in [5, 5.41) is 0. The van der Waals surface area contributed by atoms with Gasteiger partial charge in [0.2, 0.25) is 0 Å². The summed E-state index contributed by atoms with van der Waals surface area (Å²) in [6.45, 7) is 1.13. The van der Waals surface area contributed by atoms with Crippen molar-refractivity contribution in [2.45, 2.75) is 3.74 Å². The van der Waals surface area contributed by atoms with E-state index >= 15 is 0 Å². The van der Waals surface area contributed by atoms with Crippen LogP contribution in [0, 0.1) is 0 Å². The highest BCUT2D eigenvalue weighted by molar-refractivity contribution is 9.24. The van der Waals surface area contributed by atoms with E-state index in [4.69, 9.17) is 21.1 Å². The SMILES string of the molecule is Clc1nc2c(C(Br)Br)cc3c(c2s1)OCCO3. The van der Waals surface area contributed by atoms with Gasteiger partial charge >= 0.3 is 0 Å². The molecule has 3 nitrogen and oxygen atoms in total. The van der Waals surface area contributed by atoms with E-state index < -0.39 is 0 Å². The molecule has 0 spiro atoms. The molecular weight excluding hydrogens is 393 g/mol. The molecule has 0 atom stereocenters. The van der Waals surface area contributed by atoms with Crippen LogP contribution in [0.4, 0.5) is 0 Å². The first-order valence-corrected chi connectivity index (χ1v) is 7.86. The summed E-state index contributed by atoms with van der Waals surface area (Å²) in [4.78, 5) is 4.33. The molecule has 0 saturated carbocycles. The van der Waals surface area contributed by atoms with E-state index in [0.29, 0.717) is 17.7 Å². The van der Waals surface area contributed by atoms with E-state index in [9.17, 15) is 0 Å². The summed E-state index contributed by atoms with van der Waals surface area (Å²) >= 11 is 14.4. The zero-order valence-corrected chi connectivity index (χ0v) is 13.1. The normalized spacial score (nSPS) is 14.6. The van der Waals surface area contributed by atoms with Crippen LogP contribution in [0.25, 0.3) is 10.2 Å². The second kappa shape index (κ2) is 4.57. The summed E-state index contributed by atoms with van der Waals surface area (Å²) in [7, 11) is 0. The highest BCUT2D eigenvalue weighted by Gasteiger charge is 2.23. The number of hydrogen-bond donors (Lipinski definition) is 0. The molecule has 3 rings (SSSR count). The maximum atomic E-state index is 5.98. The maximum absolute atomic E-state index is 5.98. The predicted molar refractivity (Wildman–Crippen MR) is 76.2 cm³/mol. The summed E-state index contributed by atoms with van der Waals surface area (Å²) in [5.41, 5.74) is 1.84. The van der Waals surface area contributed by atoms with E-state index in [1.807, 2.05) is 6.07 Å². The van der Waals surface area contributed by atoms with Crippen molar-refractivity contribution in [1.82, 2.24) is 4.98 Å². The Morgan fingerprint density at radius 2 is 2.12 bits per heavy atom. The monoisotopic (exact) mass is 397 g/mol. The van der Waals surface area contributed by atoms with Crippen LogP contribution in [-0.2, 0) is 0 Å². The fourth-order valence-electron chi connectivity index (χ4n) is 1.74. The molecule has 90 valence electrons. The third-order valence-electron chi connectivity index (χ3n) is 2.41. The van der Waals surface area contributed by atoms with Gasteiger partial charge in [-0.1, -0.05) is 54.8 Å². The lowest BCUT2D eigenvalue weighted by atomic mass is 10.2. The van der Waals surface area contributed by atoms with Gasteiger partial charge in [0.05, 0.1) is 9.25 Å². The van der Waals surface area contributed by atoms with Gasteiger partial charge in [0.15, 0.2) is 16.0 Å². The van der Waals surface area contributed by atoms with Crippen molar-refractivity contribution in [3.8, 4) is 11.5 Å². The van der Waals surface area contributed by atoms with Crippen LogP contribution in [-0.4, -0.2) is 18.2 Å². The molecule has 1 aliphatic rings. The first-order chi connectivity index (χ1) is 8.16. The number of thiazole rings is 1. The van der Waals surface area contributed by atoms with Crippen molar-refractivity contribution in [3.05, 3.63) is 16.1 Å². The second-order valence-electron chi connectivity index (χ2n) is 3.44. The molecule has 7 heteroatoms. The van der Waals surface area contributed by atoms with Crippen LogP contribution >= 0.6 is 54.8 Å². The molecule has 0 saturated heterocycles. The minimum absolute atomic E-state index is 0.00601. The molecule has 17 heavy (non-hydrogen) atoms. The molecule has 0 radical (unpaired) electrons. The number of halogens is 3. The summed E-state index contributed by atoms with van der Waals surface area (Å²) in [5.74, 6) is 1.50. The third-order valence-corrected chi connectivity index (χ3v) is 4.56. The molecule has 1 aromatic heterocycles. The van der Waals surface area contributed by atoms with E-state index in [1.54, 1.807) is 0 Å². The molecule has 2 aromatic rings. The molecule has 0 unspecified atom stereocenters. The molecule has 0 aliphatic carbocycles. The number of ether oxygens (including phenoxy) is 2. The van der Waals surface area contributed by atoms with Gasteiger partial charge in [0, 0.05) is 5.56 Å². The van der Waals surface area contributed by atoms with Crippen LogP contribution in [0.2, 0.25) is 4.47 Å². The fraction of sp³-hybridized carbons (Fsp3) is 0.300. The zero-order chi connectivity index (χ0) is 12.0. The maximum Gasteiger partial charge on any atom is 0.184 e. The number of aromatic nitrogens is 1. The molecule has 0 N–H and O–H groups in total. The lowest BCUT2D eigenvalue weighted by Crippen LogP contribution is -2.15. The average Bonchev–Trinajstić information content (AvgIpc) is 2.69. The van der Waals surface area contributed by atoms with E-state index in [-0.39, 0.29) is 3.74 Å².